The molecule has 1 saturated heterocycles. The minimum Gasteiger partial charge on any atom is -0.463 e. The van der Waals surface area contributed by atoms with Gasteiger partial charge in [0.1, 0.15) is 30.5 Å². The molecule has 32 heavy (non-hydrogen) atoms. The first-order chi connectivity index (χ1) is 15.0. The molecule has 12 heteroatoms. The van der Waals surface area contributed by atoms with Crippen molar-refractivity contribution in [3.63, 3.8) is 0 Å². The fraction of sp³-hybridized carbons (Fsp3) is 0.500. The highest BCUT2D eigenvalue weighted by Gasteiger charge is 2.60. The Balaban J connectivity index is 2.10. The summed E-state index contributed by atoms with van der Waals surface area (Å²) in [5.74, 6) is -1.82. The molecule has 3 heterocycles. The molecule has 0 radical (unpaired) electrons. The molecule has 1 aliphatic rings. The summed E-state index contributed by atoms with van der Waals surface area (Å²) >= 11 is 0. The van der Waals surface area contributed by atoms with Gasteiger partial charge in [0.15, 0.2) is 17.9 Å². The molecule has 2 aromatic heterocycles. The number of anilines is 1. The maximum atomic E-state index is 12.0. The standard InChI is InChI=1S/C20H24N4O8/c1-10(25)23-17-14-6-7-24(18(14)22-9-21-17)19-20(5,32-13(4)28)16(30-12(3)27)15(31-19)8-29-11(2)26/h6-7,9,15-16,19H,8H2,1-5H3,(H,21,22,23,25)/t15-,16-,19-,20-/m1/s1. The van der Waals surface area contributed by atoms with Crippen molar-refractivity contribution in [3.8, 4) is 0 Å². The summed E-state index contributed by atoms with van der Waals surface area (Å²) in [6, 6.07) is 1.67. The van der Waals surface area contributed by atoms with Gasteiger partial charge >= 0.3 is 17.9 Å². The van der Waals surface area contributed by atoms with Crippen LogP contribution in [0.25, 0.3) is 11.0 Å². The van der Waals surface area contributed by atoms with E-state index in [9.17, 15) is 19.2 Å². The lowest BCUT2D eigenvalue weighted by Crippen LogP contribution is -2.50. The van der Waals surface area contributed by atoms with Crippen LogP contribution >= 0.6 is 0 Å². The predicted molar refractivity (Wildman–Crippen MR) is 108 cm³/mol. The van der Waals surface area contributed by atoms with Gasteiger partial charge in [0.2, 0.25) is 5.91 Å². The number of nitrogens with zero attached hydrogens (tertiary/aromatic N) is 3. The van der Waals surface area contributed by atoms with E-state index in [1.165, 1.54) is 34.0 Å². The first-order valence-corrected chi connectivity index (χ1v) is 9.77. The number of ether oxygens (including phenoxy) is 4. The Bertz CT molecular complexity index is 1070. The number of fused-ring (bicyclic) bond motifs is 1. The largest absolute Gasteiger partial charge is 0.463 e. The minimum atomic E-state index is -1.49. The lowest BCUT2D eigenvalue weighted by Gasteiger charge is -2.34. The van der Waals surface area contributed by atoms with Crippen LogP contribution in [0.5, 0.6) is 0 Å². The van der Waals surface area contributed by atoms with E-state index in [0.29, 0.717) is 16.9 Å². The van der Waals surface area contributed by atoms with Crippen molar-refractivity contribution in [3.05, 3.63) is 18.6 Å². The molecule has 0 aromatic carbocycles. The second kappa shape index (κ2) is 8.91. The number of carbonyl (C=O) groups is 4. The van der Waals surface area contributed by atoms with Crippen LogP contribution in [-0.4, -0.2) is 62.8 Å². The third-order valence-electron chi connectivity index (χ3n) is 4.86. The average Bonchev–Trinajstić information content (AvgIpc) is 3.19. The van der Waals surface area contributed by atoms with Crippen molar-refractivity contribution in [1.82, 2.24) is 14.5 Å². The SMILES string of the molecule is CC(=O)Nc1ncnc2c1ccn2[C@@H]1O[C@H](COC(C)=O)[C@@H](OC(C)=O)[C@@]1(C)OC(C)=O. The summed E-state index contributed by atoms with van der Waals surface area (Å²) < 4.78 is 23.8. The van der Waals surface area contributed by atoms with Crippen LogP contribution in [0.2, 0.25) is 0 Å². The van der Waals surface area contributed by atoms with Gasteiger partial charge in [-0.05, 0) is 13.0 Å². The molecule has 1 aliphatic heterocycles. The van der Waals surface area contributed by atoms with Crippen LogP contribution in [0, 0.1) is 0 Å². The Kier molecular flexibility index (Phi) is 6.44. The summed E-state index contributed by atoms with van der Waals surface area (Å²) in [5, 5.41) is 3.14. The number of hydrogen-bond donors (Lipinski definition) is 1. The number of nitrogens with one attached hydrogen (secondary N) is 1. The maximum absolute atomic E-state index is 12.0. The Morgan fingerprint density at radius 1 is 1.12 bits per heavy atom. The number of carbonyl (C=O) groups excluding carboxylic acids is 4. The van der Waals surface area contributed by atoms with E-state index >= 15 is 0 Å². The van der Waals surface area contributed by atoms with Crippen LogP contribution in [0.3, 0.4) is 0 Å². The summed E-state index contributed by atoms with van der Waals surface area (Å²) in [6.45, 7) is 6.35. The fourth-order valence-corrected chi connectivity index (χ4v) is 3.77. The zero-order valence-electron chi connectivity index (χ0n) is 18.3. The van der Waals surface area contributed by atoms with E-state index in [4.69, 9.17) is 18.9 Å². The predicted octanol–water partition coefficient (Wildman–Crippen LogP) is 1.10. The van der Waals surface area contributed by atoms with Crippen LogP contribution < -0.4 is 5.32 Å². The van der Waals surface area contributed by atoms with Gasteiger partial charge in [0.05, 0.1) is 5.39 Å². The van der Waals surface area contributed by atoms with Crippen molar-refractivity contribution in [2.24, 2.45) is 0 Å². The topological polar surface area (TPSA) is 148 Å². The zero-order chi connectivity index (χ0) is 23.6. The molecule has 2 aromatic rings. The van der Waals surface area contributed by atoms with Gasteiger partial charge in [-0.3, -0.25) is 19.2 Å². The van der Waals surface area contributed by atoms with Crippen LogP contribution in [0.1, 0.15) is 40.8 Å². The number of esters is 3. The van der Waals surface area contributed by atoms with Crippen molar-refractivity contribution in [1.29, 1.82) is 0 Å². The molecule has 0 aliphatic carbocycles. The molecule has 4 atom stereocenters. The van der Waals surface area contributed by atoms with E-state index in [1.54, 1.807) is 23.8 Å². The van der Waals surface area contributed by atoms with E-state index in [1.807, 2.05) is 0 Å². The quantitative estimate of drug-likeness (QED) is 0.503. The number of aromatic nitrogens is 3. The van der Waals surface area contributed by atoms with Gasteiger partial charge < -0.3 is 28.8 Å². The molecular weight excluding hydrogens is 424 g/mol. The van der Waals surface area contributed by atoms with Crippen LogP contribution in [0.15, 0.2) is 18.6 Å². The van der Waals surface area contributed by atoms with Crippen molar-refractivity contribution in [2.75, 3.05) is 11.9 Å². The second-order valence-electron chi connectivity index (χ2n) is 7.50. The van der Waals surface area contributed by atoms with Crippen molar-refractivity contribution >= 4 is 40.7 Å². The Morgan fingerprint density at radius 3 is 2.44 bits per heavy atom. The molecule has 1 amide bonds. The molecule has 0 saturated carbocycles. The molecule has 12 nitrogen and oxygen atoms in total. The smallest absolute Gasteiger partial charge is 0.303 e. The van der Waals surface area contributed by atoms with Gasteiger partial charge in [0, 0.05) is 33.9 Å². The lowest BCUT2D eigenvalue weighted by molar-refractivity contribution is -0.184. The monoisotopic (exact) mass is 448 g/mol. The first-order valence-electron chi connectivity index (χ1n) is 9.77. The summed E-state index contributed by atoms with van der Waals surface area (Å²) in [4.78, 5) is 55.0. The highest BCUT2D eigenvalue weighted by molar-refractivity contribution is 5.97. The molecular formula is C20H24N4O8. The first kappa shape index (κ1) is 23.1. The van der Waals surface area contributed by atoms with E-state index in [2.05, 4.69) is 15.3 Å². The molecule has 1 fully saturated rings. The molecule has 0 spiro atoms. The number of amides is 1. The highest BCUT2D eigenvalue weighted by Crippen LogP contribution is 2.44. The summed E-state index contributed by atoms with van der Waals surface area (Å²) in [5.41, 5.74) is -1.12. The third-order valence-corrected chi connectivity index (χ3v) is 4.86. The van der Waals surface area contributed by atoms with Crippen LogP contribution in [0.4, 0.5) is 5.82 Å². The lowest BCUT2D eigenvalue weighted by atomic mass is 9.95. The van der Waals surface area contributed by atoms with Gasteiger partial charge in [-0.1, -0.05) is 0 Å². The summed E-state index contributed by atoms with van der Waals surface area (Å²) in [7, 11) is 0. The molecule has 3 rings (SSSR count). The molecule has 0 bridgehead atoms. The Hall–Kier alpha value is -3.54. The number of rotatable bonds is 6. The summed E-state index contributed by atoms with van der Waals surface area (Å²) in [6.07, 6.45) is -0.124. The zero-order valence-corrected chi connectivity index (χ0v) is 18.3. The highest BCUT2D eigenvalue weighted by atomic mass is 16.7. The van der Waals surface area contributed by atoms with Gasteiger partial charge in [-0.2, -0.15) is 0 Å². The molecule has 172 valence electrons. The molecule has 0 unspecified atom stereocenters. The van der Waals surface area contributed by atoms with Crippen LogP contribution in [-0.2, 0) is 38.1 Å². The molecule has 1 N–H and O–H groups in total. The Morgan fingerprint density at radius 2 is 1.84 bits per heavy atom. The normalized spacial score (nSPS) is 24.7. The van der Waals surface area contributed by atoms with E-state index < -0.39 is 41.9 Å². The maximum Gasteiger partial charge on any atom is 0.303 e. The second-order valence-corrected chi connectivity index (χ2v) is 7.50. The minimum absolute atomic E-state index is 0.230. The van der Waals surface area contributed by atoms with Gasteiger partial charge in [0.25, 0.3) is 0 Å². The van der Waals surface area contributed by atoms with Gasteiger partial charge in [-0.15, -0.1) is 0 Å². The van der Waals surface area contributed by atoms with E-state index in [0.717, 1.165) is 0 Å². The Labute approximate surface area is 183 Å². The number of hydrogen-bond acceptors (Lipinski definition) is 10. The van der Waals surface area contributed by atoms with Crippen molar-refractivity contribution < 1.29 is 38.1 Å². The average molecular weight is 448 g/mol. The third kappa shape index (κ3) is 4.54. The fourth-order valence-electron chi connectivity index (χ4n) is 3.77. The van der Waals surface area contributed by atoms with Crippen molar-refractivity contribution in [2.45, 2.75) is 58.7 Å². The van der Waals surface area contributed by atoms with E-state index in [-0.39, 0.29) is 12.5 Å². The van der Waals surface area contributed by atoms with Gasteiger partial charge in [-0.25, -0.2) is 9.97 Å².